The number of rotatable bonds is 11. The van der Waals surface area contributed by atoms with Gasteiger partial charge in [-0.15, -0.1) is 0 Å². The fourth-order valence-electron chi connectivity index (χ4n) is 3.03. The van der Waals surface area contributed by atoms with Crippen molar-refractivity contribution >= 4 is 69.5 Å². The molecule has 3 aromatic rings. The van der Waals surface area contributed by atoms with Crippen LogP contribution in [0.25, 0.3) is 0 Å². The van der Waals surface area contributed by atoms with Gasteiger partial charge in [-0.05, 0) is 76.7 Å². The third-order valence-electron chi connectivity index (χ3n) is 4.81. The highest BCUT2D eigenvalue weighted by Gasteiger charge is 2.15. The molecule has 3 rings (SSSR count). The molecule has 0 bridgehead atoms. The van der Waals surface area contributed by atoms with E-state index in [1.807, 2.05) is 22.6 Å². The lowest BCUT2D eigenvalue weighted by Crippen LogP contribution is -2.32. The molecule has 0 atom stereocenters. The number of methoxy groups -OCH3 is 1. The summed E-state index contributed by atoms with van der Waals surface area (Å²) < 4.78 is 17.1. The van der Waals surface area contributed by atoms with E-state index in [4.69, 9.17) is 25.8 Å². The largest absolute Gasteiger partial charge is 0.493 e. The number of hydrazone groups is 1. The van der Waals surface area contributed by atoms with Crippen molar-refractivity contribution < 1.29 is 28.6 Å². The number of para-hydroxylation sites is 1. The third-order valence-corrected chi connectivity index (χ3v) is 5.94. The molecule has 0 saturated carbocycles. The zero-order valence-corrected chi connectivity index (χ0v) is 23.6. The molecule has 0 radical (unpaired) electrons. The van der Waals surface area contributed by atoms with Gasteiger partial charge < -0.3 is 24.8 Å². The van der Waals surface area contributed by atoms with E-state index in [0.717, 1.165) is 0 Å². The lowest BCUT2D eigenvalue weighted by atomic mass is 10.2. The monoisotopic (exact) mass is 662 g/mol. The summed E-state index contributed by atoms with van der Waals surface area (Å²) >= 11 is 8.09. The molecule has 0 aromatic heterocycles. The van der Waals surface area contributed by atoms with E-state index in [-0.39, 0.29) is 6.61 Å². The van der Waals surface area contributed by atoms with Gasteiger partial charge in [0.25, 0.3) is 5.91 Å². The first kappa shape index (κ1) is 29.5. The smallest absolute Gasteiger partial charge is 0.329 e. The number of anilines is 2. The summed E-state index contributed by atoms with van der Waals surface area (Å²) in [5.74, 6) is -0.942. The Morgan fingerprint density at radius 1 is 1.03 bits per heavy atom. The van der Waals surface area contributed by atoms with E-state index in [0.29, 0.717) is 49.4 Å². The summed E-state index contributed by atoms with van der Waals surface area (Å²) in [7, 11) is 1.45. The topological polar surface area (TPSA) is 127 Å². The summed E-state index contributed by atoms with van der Waals surface area (Å²) in [6.07, 6.45) is 2.96. The van der Waals surface area contributed by atoms with Crippen LogP contribution in [0.15, 0.2) is 78.4 Å². The van der Waals surface area contributed by atoms with Crippen molar-refractivity contribution in [2.75, 3.05) is 31.0 Å². The van der Waals surface area contributed by atoms with Crippen LogP contribution in [-0.2, 0) is 14.4 Å². The molecule has 3 amide bonds. The molecule has 202 valence electrons. The highest BCUT2D eigenvalue weighted by molar-refractivity contribution is 14.1. The Labute approximate surface area is 243 Å². The number of ether oxygens (including phenoxy) is 3. The predicted octanol–water partition coefficient (Wildman–Crippen LogP) is 4.62. The van der Waals surface area contributed by atoms with Crippen LogP contribution < -0.4 is 30.3 Å². The van der Waals surface area contributed by atoms with Crippen LogP contribution in [0.2, 0.25) is 5.02 Å². The number of nitrogens with zero attached hydrogens (tertiary/aromatic N) is 1. The fourth-order valence-corrected chi connectivity index (χ4v) is 4.00. The Bertz CT molecular complexity index is 1380. The lowest BCUT2D eigenvalue weighted by molar-refractivity contribution is -0.136. The van der Waals surface area contributed by atoms with Gasteiger partial charge in [-0.2, -0.15) is 5.10 Å². The molecule has 3 N–H and O–H groups in total. The maximum atomic E-state index is 12.3. The van der Waals surface area contributed by atoms with Crippen molar-refractivity contribution in [3.63, 3.8) is 0 Å². The van der Waals surface area contributed by atoms with Crippen LogP contribution >= 0.6 is 34.2 Å². The maximum absolute atomic E-state index is 12.3. The first-order valence-electron chi connectivity index (χ1n) is 11.3. The van der Waals surface area contributed by atoms with Gasteiger partial charge in [-0.3, -0.25) is 14.4 Å². The summed E-state index contributed by atoms with van der Waals surface area (Å²) in [6, 6.07) is 16.7. The Hall–Kier alpha value is -4.10. The highest BCUT2D eigenvalue weighted by atomic mass is 127. The Morgan fingerprint density at radius 3 is 2.46 bits per heavy atom. The van der Waals surface area contributed by atoms with E-state index >= 15 is 0 Å². The summed E-state index contributed by atoms with van der Waals surface area (Å²) in [5, 5.41) is 9.40. The van der Waals surface area contributed by atoms with Gasteiger partial charge in [0, 0.05) is 5.69 Å². The molecule has 0 aliphatic heterocycles. The third kappa shape index (κ3) is 9.00. The predicted molar refractivity (Wildman–Crippen MR) is 158 cm³/mol. The van der Waals surface area contributed by atoms with Gasteiger partial charge in [-0.25, -0.2) is 5.43 Å². The molecule has 0 saturated heterocycles. The van der Waals surface area contributed by atoms with Crippen molar-refractivity contribution in [1.82, 2.24) is 5.43 Å². The minimum absolute atomic E-state index is 0.277. The summed E-state index contributed by atoms with van der Waals surface area (Å²) in [4.78, 5) is 36.6. The number of hydrogen-bond acceptors (Lipinski definition) is 7. The van der Waals surface area contributed by atoms with Gasteiger partial charge >= 0.3 is 11.8 Å². The van der Waals surface area contributed by atoms with Crippen molar-refractivity contribution in [1.29, 1.82) is 0 Å². The molecule has 0 unspecified atom stereocenters. The Balaban J connectivity index is 1.55. The number of amides is 3. The fraction of sp³-hybridized carbons (Fsp3) is 0.111. The van der Waals surface area contributed by atoms with E-state index in [9.17, 15) is 14.4 Å². The second kappa shape index (κ2) is 14.7. The second-order valence-electron chi connectivity index (χ2n) is 7.63. The number of nitrogens with one attached hydrogen (secondary N) is 3. The SMILES string of the molecule is C=CCOc1ccc(NC(=O)C(=O)N/N=C\c2cc(I)c(OCC(=O)Nc3ccccc3Cl)c(OC)c2)cc1. The second-order valence-corrected chi connectivity index (χ2v) is 9.20. The Morgan fingerprint density at radius 2 is 1.77 bits per heavy atom. The molecule has 0 spiro atoms. The van der Waals surface area contributed by atoms with Crippen molar-refractivity contribution in [3.8, 4) is 17.2 Å². The van der Waals surface area contributed by atoms with Crippen molar-refractivity contribution in [3.05, 3.63) is 87.5 Å². The van der Waals surface area contributed by atoms with Crippen LogP contribution in [-0.4, -0.2) is 44.3 Å². The minimum atomic E-state index is -0.954. The highest BCUT2D eigenvalue weighted by Crippen LogP contribution is 2.33. The van der Waals surface area contributed by atoms with Gasteiger partial charge in [-0.1, -0.05) is 36.4 Å². The molecule has 0 aliphatic rings. The molecule has 10 nitrogen and oxygen atoms in total. The zero-order chi connectivity index (χ0) is 28.2. The van der Waals surface area contributed by atoms with Gasteiger partial charge in [0.1, 0.15) is 12.4 Å². The van der Waals surface area contributed by atoms with Crippen LogP contribution in [0.3, 0.4) is 0 Å². The van der Waals surface area contributed by atoms with Gasteiger partial charge in [0.15, 0.2) is 18.1 Å². The van der Waals surface area contributed by atoms with Gasteiger partial charge in [0.05, 0.1) is 27.6 Å². The maximum Gasteiger partial charge on any atom is 0.329 e. The number of benzene rings is 3. The molecule has 39 heavy (non-hydrogen) atoms. The molecule has 3 aromatic carbocycles. The first-order chi connectivity index (χ1) is 18.8. The number of carbonyl (C=O) groups is 3. The average molecular weight is 663 g/mol. The molecule has 0 fully saturated rings. The van der Waals surface area contributed by atoms with Crippen molar-refractivity contribution in [2.45, 2.75) is 0 Å². The number of carbonyl (C=O) groups excluding carboxylic acids is 3. The van der Waals surface area contributed by atoms with Crippen LogP contribution in [0.1, 0.15) is 5.56 Å². The van der Waals surface area contributed by atoms with Crippen LogP contribution in [0.5, 0.6) is 17.2 Å². The lowest BCUT2D eigenvalue weighted by Gasteiger charge is -2.14. The minimum Gasteiger partial charge on any atom is -0.493 e. The molecule has 0 aliphatic carbocycles. The van der Waals surface area contributed by atoms with E-state index < -0.39 is 17.7 Å². The first-order valence-corrected chi connectivity index (χ1v) is 12.8. The molecule has 12 heteroatoms. The van der Waals surface area contributed by atoms with Crippen LogP contribution in [0, 0.1) is 3.57 Å². The van der Waals surface area contributed by atoms with Crippen molar-refractivity contribution in [2.24, 2.45) is 5.10 Å². The van der Waals surface area contributed by atoms with Crippen LogP contribution in [0.4, 0.5) is 11.4 Å². The number of hydrogen-bond donors (Lipinski definition) is 3. The average Bonchev–Trinajstić information content (AvgIpc) is 2.93. The molecular formula is C27H24ClIN4O6. The van der Waals surface area contributed by atoms with E-state index in [2.05, 4.69) is 27.7 Å². The quantitative estimate of drug-likeness (QED) is 0.0904. The van der Waals surface area contributed by atoms with Gasteiger partial charge in [0.2, 0.25) is 0 Å². The number of halogens is 2. The van der Waals surface area contributed by atoms with E-state index in [1.165, 1.54) is 13.3 Å². The summed E-state index contributed by atoms with van der Waals surface area (Å²) in [6.45, 7) is 3.65. The van der Waals surface area contributed by atoms with E-state index in [1.54, 1.807) is 66.7 Å². The Kier molecular flexibility index (Phi) is 11.1. The molecular weight excluding hydrogens is 639 g/mol. The zero-order valence-electron chi connectivity index (χ0n) is 20.7. The molecule has 0 heterocycles. The summed E-state index contributed by atoms with van der Waals surface area (Å²) in [5.41, 5.74) is 3.62. The normalized spacial score (nSPS) is 10.4. The standard InChI is InChI=1S/C27H24ClIN4O6/c1-3-12-38-19-10-8-18(9-11-19)31-26(35)27(36)33-30-15-17-13-21(29)25(23(14-17)37-2)39-16-24(34)32-22-7-5-4-6-20(22)28/h3-11,13-15H,1,12,16H2,2H3,(H,31,35)(H,32,34)(H,33,36)/b30-15-.